The van der Waals surface area contributed by atoms with E-state index in [9.17, 15) is 26.8 Å². The fourth-order valence-electron chi connectivity index (χ4n) is 2.21. The molecule has 0 unspecified atom stereocenters. The second-order valence-corrected chi connectivity index (χ2v) is 8.76. The Kier molecular flexibility index (Phi) is 6.12. The molecule has 29 heavy (non-hydrogen) atoms. The molecule has 0 saturated heterocycles. The zero-order valence-electron chi connectivity index (χ0n) is 15.7. The van der Waals surface area contributed by atoms with Gasteiger partial charge in [0.2, 0.25) is 0 Å². The summed E-state index contributed by atoms with van der Waals surface area (Å²) in [6.07, 6.45) is 0. The first kappa shape index (κ1) is 22.1. The fourth-order valence-corrected chi connectivity index (χ4v) is 3.27. The van der Waals surface area contributed by atoms with Crippen LogP contribution in [-0.2, 0) is 10.0 Å². The van der Waals surface area contributed by atoms with Gasteiger partial charge in [-0.2, -0.15) is 0 Å². The van der Waals surface area contributed by atoms with Crippen LogP contribution < -0.4 is 15.4 Å². The maximum Gasteiger partial charge on any atom is 0.338 e. The number of sulfonamides is 1. The number of rotatable bonds is 5. The molecule has 0 aliphatic heterocycles. The summed E-state index contributed by atoms with van der Waals surface area (Å²) in [7, 11) is -4.29. The van der Waals surface area contributed by atoms with Gasteiger partial charge >= 0.3 is 12.0 Å². The van der Waals surface area contributed by atoms with Gasteiger partial charge in [0.05, 0.1) is 16.1 Å². The van der Waals surface area contributed by atoms with Gasteiger partial charge in [0.25, 0.3) is 10.0 Å². The van der Waals surface area contributed by atoms with Crippen LogP contribution in [0.2, 0.25) is 0 Å². The lowest BCUT2D eigenvalue weighted by molar-refractivity contribution is 0.0691. The van der Waals surface area contributed by atoms with Crippen molar-refractivity contribution in [2.75, 3.05) is 10.0 Å². The summed E-state index contributed by atoms with van der Waals surface area (Å²) in [5, 5.41) is 14.0. The summed E-state index contributed by atoms with van der Waals surface area (Å²) in [6, 6.07) is 5.31. The highest BCUT2D eigenvalue weighted by Gasteiger charge is 2.21. The van der Waals surface area contributed by atoms with Crippen molar-refractivity contribution in [3.05, 3.63) is 53.6 Å². The van der Waals surface area contributed by atoms with Crippen LogP contribution in [-0.4, -0.2) is 31.1 Å². The van der Waals surface area contributed by atoms with E-state index in [0.29, 0.717) is 17.8 Å². The molecule has 11 heteroatoms. The molecule has 0 aromatic heterocycles. The van der Waals surface area contributed by atoms with Crippen molar-refractivity contribution >= 4 is 33.4 Å². The van der Waals surface area contributed by atoms with Crippen molar-refractivity contribution in [2.24, 2.45) is 0 Å². The molecule has 0 saturated carbocycles. The summed E-state index contributed by atoms with van der Waals surface area (Å²) in [5.74, 6) is -4.22. The molecular weight excluding hydrogens is 408 g/mol. The second-order valence-electron chi connectivity index (χ2n) is 7.08. The van der Waals surface area contributed by atoms with E-state index < -0.39 is 50.4 Å². The Labute approximate surface area is 166 Å². The maximum absolute atomic E-state index is 14.0. The fraction of sp³-hybridized carbons (Fsp3) is 0.222. The predicted octanol–water partition coefficient (Wildman–Crippen LogP) is 3.38. The van der Waals surface area contributed by atoms with Crippen LogP contribution in [0.15, 0.2) is 41.3 Å². The van der Waals surface area contributed by atoms with Crippen molar-refractivity contribution in [1.82, 2.24) is 5.32 Å². The van der Waals surface area contributed by atoms with Gasteiger partial charge in [-0.05, 0) is 51.1 Å². The highest BCUT2D eigenvalue weighted by Crippen LogP contribution is 2.23. The molecule has 0 bridgehead atoms. The van der Waals surface area contributed by atoms with Crippen molar-refractivity contribution < 1.29 is 31.9 Å². The molecule has 0 heterocycles. The van der Waals surface area contributed by atoms with Crippen molar-refractivity contribution in [3.63, 3.8) is 0 Å². The van der Waals surface area contributed by atoms with Crippen LogP contribution in [0.25, 0.3) is 0 Å². The number of benzene rings is 2. The van der Waals surface area contributed by atoms with E-state index in [1.54, 1.807) is 20.8 Å². The average molecular weight is 427 g/mol. The Hall–Kier alpha value is -3.21. The third-order valence-corrected chi connectivity index (χ3v) is 4.82. The summed E-state index contributed by atoms with van der Waals surface area (Å²) in [5.41, 5.74) is -1.81. The molecule has 0 aliphatic carbocycles. The number of aromatic carboxylic acids is 1. The third kappa shape index (κ3) is 5.88. The predicted molar refractivity (Wildman–Crippen MR) is 102 cm³/mol. The molecular formula is C18H19F2N3O5S. The number of anilines is 2. The molecule has 2 amide bonds. The van der Waals surface area contributed by atoms with Gasteiger partial charge in [-0.3, -0.25) is 4.72 Å². The highest BCUT2D eigenvalue weighted by molar-refractivity contribution is 7.92. The van der Waals surface area contributed by atoms with Crippen LogP contribution in [0.3, 0.4) is 0 Å². The van der Waals surface area contributed by atoms with Gasteiger partial charge < -0.3 is 15.7 Å². The van der Waals surface area contributed by atoms with E-state index in [0.717, 1.165) is 12.1 Å². The number of nitrogens with one attached hydrogen (secondary N) is 3. The van der Waals surface area contributed by atoms with E-state index in [2.05, 4.69) is 10.6 Å². The standard InChI is InChI=1S/C18H19F2N3O5S/c1-18(2,3)22-17(26)21-10-4-6-11(7-5-10)29(27,28)23-15-9-13(19)12(16(24)25)8-14(15)20/h4-9,23H,1-3H3,(H,24,25)(H2,21,22,26). The van der Waals surface area contributed by atoms with Crippen molar-refractivity contribution in [3.8, 4) is 0 Å². The lowest BCUT2D eigenvalue weighted by Crippen LogP contribution is -2.43. The monoisotopic (exact) mass is 427 g/mol. The van der Waals surface area contributed by atoms with Gasteiger partial charge in [0.1, 0.15) is 11.6 Å². The van der Waals surface area contributed by atoms with E-state index in [4.69, 9.17) is 5.11 Å². The number of carboxylic acid groups (broad SMARTS) is 1. The van der Waals surface area contributed by atoms with Gasteiger partial charge in [-0.25, -0.2) is 26.8 Å². The zero-order valence-corrected chi connectivity index (χ0v) is 16.5. The summed E-state index contributed by atoms with van der Waals surface area (Å²) >= 11 is 0. The number of carboxylic acids is 1. The quantitative estimate of drug-likeness (QED) is 0.582. The lowest BCUT2D eigenvalue weighted by Gasteiger charge is -2.20. The number of carbonyl (C=O) groups is 2. The van der Waals surface area contributed by atoms with Crippen molar-refractivity contribution in [1.29, 1.82) is 0 Å². The largest absolute Gasteiger partial charge is 0.478 e. The zero-order chi connectivity index (χ0) is 22.0. The first-order valence-electron chi connectivity index (χ1n) is 8.23. The number of carbonyl (C=O) groups excluding carboxylic acids is 1. The molecule has 0 fully saturated rings. The average Bonchev–Trinajstić information content (AvgIpc) is 2.56. The number of hydrogen-bond donors (Lipinski definition) is 4. The minimum absolute atomic E-state index is 0.276. The van der Waals surface area contributed by atoms with Crippen LogP contribution in [0.4, 0.5) is 25.0 Å². The Morgan fingerprint density at radius 2 is 1.59 bits per heavy atom. The molecule has 156 valence electrons. The smallest absolute Gasteiger partial charge is 0.338 e. The molecule has 2 aromatic carbocycles. The van der Waals surface area contributed by atoms with Gasteiger partial charge in [-0.1, -0.05) is 0 Å². The molecule has 0 aliphatic rings. The summed E-state index contributed by atoms with van der Waals surface area (Å²) < 4.78 is 54.3. The van der Waals surface area contributed by atoms with Crippen LogP contribution in [0.1, 0.15) is 31.1 Å². The van der Waals surface area contributed by atoms with Crippen LogP contribution in [0.5, 0.6) is 0 Å². The van der Waals surface area contributed by atoms with E-state index >= 15 is 0 Å². The normalized spacial score (nSPS) is 11.6. The molecule has 0 radical (unpaired) electrons. The maximum atomic E-state index is 14.0. The third-order valence-electron chi connectivity index (χ3n) is 3.44. The summed E-state index contributed by atoms with van der Waals surface area (Å²) in [6.45, 7) is 5.37. The lowest BCUT2D eigenvalue weighted by atomic mass is 10.1. The molecule has 2 rings (SSSR count). The van der Waals surface area contributed by atoms with Crippen LogP contribution in [0, 0.1) is 11.6 Å². The van der Waals surface area contributed by atoms with Crippen molar-refractivity contribution in [2.45, 2.75) is 31.2 Å². The molecule has 8 nitrogen and oxygen atoms in total. The van der Waals surface area contributed by atoms with E-state index in [1.807, 2.05) is 4.72 Å². The van der Waals surface area contributed by atoms with Gasteiger partial charge in [0, 0.05) is 17.3 Å². The number of amides is 2. The first-order chi connectivity index (χ1) is 13.3. The molecule has 4 N–H and O–H groups in total. The second kappa shape index (κ2) is 8.03. The first-order valence-corrected chi connectivity index (χ1v) is 9.71. The number of halogens is 2. The SMILES string of the molecule is CC(C)(C)NC(=O)Nc1ccc(S(=O)(=O)Nc2cc(F)c(C(=O)O)cc2F)cc1. The van der Waals surface area contributed by atoms with Gasteiger partial charge in [-0.15, -0.1) is 0 Å². The van der Waals surface area contributed by atoms with Gasteiger partial charge in [0.15, 0.2) is 0 Å². The minimum Gasteiger partial charge on any atom is -0.478 e. The molecule has 0 atom stereocenters. The number of hydrogen-bond acceptors (Lipinski definition) is 4. The van der Waals surface area contributed by atoms with Crippen LogP contribution >= 0.6 is 0 Å². The van der Waals surface area contributed by atoms with E-state index in [-0.39, 0.29) is 4.90 Å². The topological polar surface area (TPSA) is 125 Å². The highest BCUT2D eigenvalue weighted by atomic mass is 32.2. The molecule has 0 spiro atoms. The summed E-state index contributed by atoms with van der Waals surface area (Å²) in [4.78, 5) is 22.3. The Balaban J connectivity index is 2.19. The van der Waals surface area contributed by atoms with E-state index in [1.165, 1.54) is 12.1 Å². The minimum atomic E-state index is -4.29. The molecule has 2 aromatic rings. The Morgan fingerprint density at radius 1 is 1.00 bits per heavy atom. The number of urea groups is 1. The Morgan fingerprint density at radius 3 is 2.10 bits per heavy atom. The Bertz CT molecular complexity index is 1050.